The average Bonchev–Trinajstić information content (AvgIpc) is 2.62. The predicted molar refractivity (Wildman–Crippen MR) is 97.0 cm³/mol. The number of aromatic hydroxyl groups is 2. The Balaban J connectivity index is 2.17. The van der Waals surface area contributed by atoms with Crippen molar-refractivity contribution in [3.8, 4) is 23.0 Å². The van der Waals surface area contributed by atoms with Gasteiger partial charge in [0.05, 0.1) is 20.1 Å². The standard InChI is InChI=1S/C20H24O6/c1-12(8-13-4-6-16(21)18(10-13)25-2)15(20(23)24)9-14-5-7-17(22)19(11-14)26-3/h4-7,10-12,15,21-22H,8-9H2,1-3H3,(H,23,24). The number of phenols is 2. The average molecular weight is 360 g/mol. The molecule has 2 aromatic rings. The quantitative estimate of drug-likeness (QED) is 0.669. The minimum atomic E-state index is -0.879. The van der Waals surface area contributed by atoms with Crippen LogP contribution in [0.25, 0.3) is 0 Å². The number of phenolic OH excluding ortho intramolecular Hbond substituents is 2. The zero-order chi connectivity index (χ0) is 19.3. The van der Waals surface area contributed by atoms with Crippen LogP contribution in [0.3, 0.4) is 0 Å². The van der Waals surface area contributed by atoms with Crippen LogP contribution >= 0.6 is 0 Å². The van der Waals surface area contributed by atoms with E-state index >= 15 is 0 Å². The lowest BCUT2D eigenvalue weighted by atomic mass is 9.84. The molecule has 0 aliphatic carbocycles. The van der Waals surface area contributed by atoms with Crippen molar-refractivity contribution in [1.29, 1.82) is 0 Å². The number of methoxy groups -OCH3 is 2. The first kappa shape index (κ1) is 19.4. The third kappa shape index (κ3) is 4.59. The van der Waals surface area contributed by atoms with Crippen molar-refractivity contribution in [3.05, 3.63) is 47.5 Å². The highest BCUT2D eigenvalue weighted by molar-refractivity contribution is 5.71. The van der Waals surface area contributed by atoms with Gasteiger partial charge in [0.15, 0.2) is 23.0 Å². The zero-order valence-corrected chi connectivity index (χ0v) is 15.1. The van der Waals surface area contributed by atoms with Gasteiger partial charge in [-0.15, -0.1) is 0 Å². The van der Waals surface area contributed by atoms with Gasteiger partial charge in [0.1, 0.15) is 0 Å². The van der Waals surface area contributed by atoms with Crippen LogP contribution in [0, 0.1) is 11.8 Å². The number of benzene rings is 2. The van der Waals surface area contributed by atoms with Crippen LogP contribution < -0.4 is 9.47 Å². The molecule has 0 fully saturated rings. The number of ether oxygens (including phenoxy) is 2. The third-order valence-corrected chi connectivity index (χ3v) is 4.51. The normalized spacial score (nSPS) is 13.0. The Bertz CT molecular complexity index is 771. The van der Waals surface area contributed by atoms with E-state index in [2.05, 4.69) is 0 Å². The number of aliphatic carboxylic acids is 1. The summed E-state index contributed by atoms with van der Waals surface area (Å²) in [5, 5.41) is 29.0. The predicted octanol–water partition coefficient (Wildman–Crippen LogP) is 3.24. The number of rotatable bonds is 8. The number of carboxylic acid groups (broad SMARTS) is 1. The van der Waals surface area contributed by atoms with Crippen molar-refractivity contribution < 1.29 is 29.6 Å². The second-order valence-corrected chi connectivity index (χ2v) is 6.34. The molecule has 0 saturated heterocycles. The summed E-state index contributed by atoms with van der Waals surface area (Å²) in [6.07, 6.45) is 0.852. The summed E-state index contributed by atoms with van der Waals surface area (Å²) in [5.74, 6) is -0.879. The SMILES string of the molecule is COc1cc(CC(C)C(Cc2ccc(O)c(OC)c2)C(=O)O)ccc1O. The van der Waals surface area contributed by atoms with Gasteiger partial charge in [-0.2, -0.15) is 0 Å². The van der Waals surface area contributed by atoms with Crippen molar-refractivity contribution in [2.24, 2.45) is 11.8 Å². The maximum Gasteiger partial charge on any atom is 0.307 e. The third-order valence-electron chi connectivity index (χ3n) is 4.51. The van der Waals surface area contributed by atoms with Crippen molar-refractivity contribution in [2.45, 2.75) is 19.8 Å². The molecular formula is C20H24O6. The minimum Gasteiger partial charge on any atom is -0.504 e. The van der Waals surface area contributed by atoms with Gasteiger partial charge < -0.3 is 24.8 Å². The molecule has 3 N–H and O–H groups in total. The molecule has 0 aromatic heterocycles. The molecule has 0 radical (unpaired) electrons. The topological polar surface area (TPSA) is 96.2 Å². The zero-order valence-electron chi connectivity index (χ0n) is 15.1. The molecule has 2 rings (SSSR count). The first-order chi connectivity index (χ1) is 12.3. The summed E-state index contributed by atoms with van der Waals surface area (Å²) < 4.78 is 10.2. The van der Waals surface area contributed by atoms with Gasteiger partial charge in [0, 0.05) is 0 Å². The van der Waals surface area contributed by atoms with E-state index in [0.717, 1.165) is 11.1 Å². The Morgan fingerprint density at radius 2 is 1.38 bits per heavy atom. The maximum atomic E-state index is 11.8. The highest BCUT2D eigenvalue weighted by Gasteiger charge is 2.26. The number of hydrogen-bond donors (Lipinski definition) is 3. The van der Waals surface area contributed by atoms with Gasteiger partial charge in [-0.3, -0.25) is 4.79 Å². The first-order valence-electron chi connectivity index (χ1n) is 8.30. The van der Waals surface area contributed by atoms with Crippen molar-refractivity contribution in [2.75, 3.05) is 14.2 Å². The monoisotopic (exact) mass is 360 g/mol. The van der Waals surface area contributed by atoms with Gasteiger partial charge in [0.2, 0.25) is 0 Å². The molecule has 0 aliphatic heterocycles. The summed E-state index contributed by atoms with van der Waals surface area (Å²) in [4.78, 5) is 11.8. The molecule has 6 nitrogen and oxygen atoms in total. The summed E-state index contributed by atoms with van der Waals surface area (Å²) in [6, 6.07) is 9.88. The Kier molecular flexibility index (Phi) is 6.33. The van der Waals surface area contributed by atoms with Crippen LogP contribution in [0.4, 0.5) is 0 Å². The van der Waals surface area contributed by atoms with Gasteiger partial charge in [-0.25, -0.2) is 0 Å². The van der Waals surface area contributed by atoms with E-state index in [0.29, 0.717) is 24.3 Å². The second-order valence-electron chi connectivity index (χ2n) is 6.34. The Hall–Kier alpha value is -2.89. The van der Waals surface area contributed by atoms with E-state index < -0.39 is 11.9 Å². The molecule has 2 unspecified atom stereocenters. The lowest BCUT2D eigenvalue weighted by Gasteiger charge is -2.21. The molecule has 2 aromatic carbocycles. The summed E-state index contributed by atoms with van der Waals surface area (Å²) in [7, 11) is 2.93. The van der Waals surface area contributed by atoms with E-state index in [4.69, 9.17) is 9.47 Å². The fourth-order valence-corrected chi connectivity index (χ4v) is 3.00. The van der Waals surface area contributed by atoms with E-state index in [-0.39, 0.29) is 17.4 Å². The summed E-state index contributed by atoms with van der Waals surface area (Å²) in [6.45, 7) is 1.88. The second kappa shape index (κ2) is 8.47. The van der Waals surface area contributed by atoms with Crippen LogP contribution in [0.5, 0.6) is 23.0 Å². The Morgan fingerprint density at radius 3 is 1.81 bits per heavy atom. The van der Waals surface area contributed by atoms with Crippen LogP contribution in [-0.4, -0.2) is 35.5 Å². The molecule has 140 valence electrons. The smallest absolute Gasteiger partial charge is 0.307 e. The van der Waals surface area contributed by atoms with Crippen LogP contribution in [0.2, 0.25) is 0 Å². The van der Waals surface area contributed by atoms with Gasteiger partial charge >= 0.3 is 5.97 Å². The van der Waals surface area contributed by atoms with Gasteiger partial charge in [0.25, 0.3) is 0 Å². The van der Waals surface area contributed by atoms with Gasteiger partial charge in [-0.05, 0) is 54.2 Å². The number of carboxylic acids is 1. The highest BCUT2D eigenvalue weighted by atomic mass is 16.5. The summed E-state index contributed by atoms with van der Waals surface area (Å²) >= 11 is 0. The highest BCUT2D eigenvalue weighted by Crippen LogP contribution is 2.31. The van der Waals surface area contributed by atoms with Crippen LogP contribution in [-0.2, 0) is 17.6 Å². The number of carbonyl (C=O) groups is 1. The molecule has 0 saturated carbocycles. The van der Waals surface area contributed by atoms with Crippen LogP contribution in [0.15, 0.2) is 36.4 Å². The maximum absolute atomic E-state index is 11.8. The van der Waals surface area contributed by atoms with Crippen LogP contribution in [0.1, 0.15) is 18.1 Å². The molecule has 0 amide bonds. The molecule has 0 bridgehead atoms. The van der Waals surface area contributed by atoms with E-state index in [1.54, 1.807) is 30.3 Å². The van der Waals surface area contributed by atoms with E-state index in [1.165, 1.54) is 20.3 Å². The minimum absolute atomic E-state index is 0.0207. The fourth-order valence-electron chi connectivity index (χ4n) is 3.00. The van der Waals surface area contributed by atoms with E-state index in [1.807, 2.05) is 6.92 Å². The van der Waals surface area contributed by atoms with Crippen molar-refractivity contribution in [1.82, 2.24) is 0 Å². The first-order valence-corrected chi connectivity index (χ1v) is 8.30. The van der Waals surface area contributed by atoms with Crippen molar-refractivity contribution in [3.63, 3.8) is 0 Å². The molecule has 0 spiro atoms. The van der Waals surface area contributed by atoms with Crippen molar-refractivity contribution >= 4 is 5.97 Å². The molecule has 26 heavy (non-hydrogen) atoms. The van der Waals surface area contributed by atoms with Gasteiger partial charge in [-0.1, -0.05) is 19.1 Å². The lowest BCUT2D eigenvalue weighted by molar-refractivity contribution is -0.143. The molecular weight excluding hydrogens is 336 g/mol. The molecule has 0 heterocycles. The molecule has 6 heteroatoms. The molecule has 0 aliphatic rings. The number of hydrogen-bond acceptors (Lipinski definition) is 5. The fraction of sp³-hybridized carbons (Fsp3) is 0.350. The molecule has 2 atom stereocenters. The largest absolute Gasteiger partial charge is 0.504 e. The lowest BCUT2D eigenvalue weighted by Crippen LogP contribution is -2.25. The summed E-state index contributed by atoms with van der Waals surface area (Å²) in [5.41, 5.74) is 1.67. The van der Waals surface area contributed by atoms with E-state index in [9.17, 15) is 20.1 Å². The Morgan fingerprint density at radius 1 is 0.923 bits per heavy atom. The Labute approximate surface area is 152 Å².